The minimum atomic E-state index is 0.449. The van der Waals surface area contributed by atoms with E-state index in [-0.39, 0.29) is 0 Å². The van der Waals surface area contributed by atoms with Crippen LogP contribution in [0.2, 0.25) is 10.0 Å². The molecule has 0 atom stereocenters. The smallest absolute Gasteiger partial charge is 0.181 e. The summed E-state index contributed by atoms with van der Waals surface area (Å²) in [6.07, 6.45) is 0. The monoisotopic (exact) mass is 304 g/mol. The molecule has 6 heteroatoms. The second-order valence-corrected chi connectivity index (χ2v) is 5.02. The van der Waals surface area contributed by atoms with E-state index in [1.165, 1.54) is 0 Å². The summed E-state index contributed by atoms with van der Waals surface area (Å²) in [5.74, 6) is 1.12. The van der Waals surface area contributed by atoms with Crippen LogP contribution < -0.4 is 5.73 Å². The molecule has 3 aromatic rings. The number of rotatable bonds is 2. The Labute approximate surface area is 125 Å². The number of halogens is 2. The van der Waals surface area contributed by atoms with Gasteiger partial charge < -0.3 is 5.73 Å². The number of nitrogens with one attached hydrogen (secondary N) is 1. The number of hydrogen-bond donors (Lipinski definition) is 2. The molecular formula is C14H10Cl2N4. The number of aromatic amines is 1. The summed E-state index contributed by atoms with van der Waals surface area (Å²) in [5, 5.41) is 7.97. The predicted molar refractivity (Wildman–Crippen MR) is 81.7 cm³/mol. The van der Waals surface area contributed by atoms with Gasteiger partial charge in [0.15, 0.2) is 11.6 Å². The zero-order chi connectivity index (χ0) is 14.1. The second-order valence-electron chi connectivity index (χ2n) is 4.23. The van der Waals surface area contributed by atoms with Gasteiger partial charge in [0, 0.05) is 16.8 Å². The average molecular weight is 305 g/mol. The van der Waals surface area contributed by atoms with Gasteiger partial charge in [0.2, 0.25) is 0 Å². The fraction of sp³-hybridized carbons (Fsp3) is 0. The van der Waals surface area contributed by atoms with Crippen LogP contribution in [0.1, 0.15) is 0 Å². The molecule has 0 radical (unpaired) electrons. The SMILES string of the molecule is Nc1cccc(-c2n[nH]c(-c3cccc(Cl)c3Cl)n2)c1. The molecule has 2 aromatic carbocycles. The third-order valence-corrected chi connectivity index (χ3v) is 3.66. The normalized spacial score (nSPS) is 10.7. The molecular weight excluding hydrogens is 295 g/mol. The largest absolute Gasteiger partial charge is 0.399 e. The van der Waals surface area contributed by atoms with Crippen molar-refractivity contribution in [1.29, 1.82) is 0 Å². The molecule has 0 aliphatic heterocycles. The topological polar surface area (TPSA) is 67.6 Å². The maximum absolute atomic E-state index is 6.17. The van der Waals surface area contributed by atoms with Gasteiger partial charge in [0.25, 0.3) is 0 Å². The average Bonchev–Trinajstić information content (AvgIpc) is 2.91. The van der Waals surface area contributed by atoms with E-state index >= 15 is 0 Å². The number of aromatic nitrogens is 3. The standard InChI is InChI=1S/C14H10Cl2N4/c15-11-6-2-5-10(12(11)16)14-18-13(19-20-14)8-3-1-4-9(17)7-8/h1-7H,17H2,(H,18,19,20). The first-order valence-electron chi connectivity index (χ1n) is 5.88. The van der Waals surface area contributed by atoms with Crippen molar-refractivity contribution in [2.24, 2.45) is 0 Å². The summed E-state index contributed by atoms with van der Waals surface area (Å²) >= 11 is 12.2. The van der Waals surface area contributed by atoms with Crippen LogP contribution in [0, 0.1) is 0 Å². The molecule has 0 saturated carbocycles. The van der Waals surface area contributed by atoms with Crippen molar-refractivity contribution in [3.05, 3.63) is 52.5 Å². The minimum absolute atomic E-state index is 0.449. The van der Waals surface area contributed by atoms with Gasteiger partial charge in [-0.05, 0) is 24.3 Å². The van der Waals surface area contributed by atoms with Crippen LogP contribution >= 0.6 is 23.2 Å². The lowest BCUT2D eigenvalue weighted by atomic mass is 10.2. The Hall–Kier alpha value is -2.04. The second kappa shape index (κ2) is 5.15. The van der Waals surface area contributed by atoms with Crippen molar-refractivity contribution in [3.63, 3.8) is 0 Å². The molecule has 0 unspecified atom stereocenters. The Morgan fingerprint density at radius 3 is 2.65 bits per heavy atom. The Bertz CT molecular complexity index is 767. The zero-order valence-electron chi connectivity index (χ0n) is 10.3. The molecule has 3 rings (SSSR count). The van der Waals surface area contributed by atoms with Crippen molar-refractivity contribution in [3.8, 4) is 22.8 Å². The van der Waals surface area contributed by atoms with Gasteiger partial charge in [-0.25, -0.2) is 4.98 Å². The number of anilines is 1. The Morgan fingerprint density at radius 2 is 1.85 bits per heavy atom. The molecule has 3 N–H and O–H groups in total. The van der Waals surface area contributed by atoms with Crippen molar-refractivity contribution >= 4 is 28.9 Å². The van der Waals surface area contributed by atoms with Crippen LogP contribution in [0.5, 0.6) is 0 Å². The van der Waals surface area contributed by atoms with E-state index in [4.69, 9.17) is 28.9 Å². The third kappa shape index (κ3) is 2.35. The molecule has 0 aliphatic carbocycles. The number of nitrogen functional groups attached to an aromatic ring is 1. The summed E-state index contributed by atoms with van der Waals surface area (Å²) in [5.41, 5.74) is 7.96. The molecule has 0 fully saturated rings. The summed E-state index contributed by atoms with van der Waals surface area (Å²) in [6.45, 7) is 0. The van der Waals surface area contributed by atoms with Crippen LogP contribution in [0.15, 0.2) is 42.5 Å². The Kier molecular flexibility index (Phi) is 3.34. The third-order valence-electron chi connectivity index (χ3n) is 2.84. The summed E-state index contributed by atoms with van der Waals surface area (Å²) in [7, 11) is 0. The van der Waals surface area contributed by atoms with Gasteiger partial charge in [-0.1, -0.05) is 41.4 Å². The Morgan fingerprint density at radius 1 is 1.05 bits per heavy atom. The highest BCUT2D eigenvalue weighted by atomic mass is 35.5. The van der Waals surface area contributed by atoms with Crippen molar-refractivity contribution in [2.75, 3.05) is 5.73 Å². The molecule has 100 valence electrons. The first kappa shape index (κ1) is 13.0. The maximum atomic E-state index is 6.17. The first-order chi connectivity index (χ1) is 9.65. The molecule has 1 aromatic heterocycles. The highest BCUT2D eigenvalue weighted by Crippen LogP contribution is 2.32. The zero-order valence-corrected chi connectivity index (χ0v) is 11.8. The number of nitrogens with two attached hydrogens (primary N) is 1. The van der Waals surface area contributed by atoms with Crippen molar-refractivity contribution in [1.82, 2.24) is 15.2 Å². The van der Waals surface area contributed by atoms with E-state index < -0.39 is 0 Å². The van der Waals surface area contributed by atoms with Crippen molar-refractivity contribution < 1.29 is 0 Å². The molecule has 20 heavy (non-hydrogen) atoms. The summed E-state index contributed by atoms with van der Waals surface area (Å²) in [4.78, 5) is 4.43. The lowest BCUT2D eigenvalue weighted by Gasteiger charge is -2.01. The fourth-order valence-electron chi connectivity index (χ4n) is 1.88. The predicted octanol–water partition coefficient (Wildman–Crippen LogP) is 4.03. The minimum Gasteiger partial charge on any atom is -0.399 e. The Balaban J connectivity index is 2.04. The van der Waals surface area contributed by atoms with Crippen LogP contribution in [0.3, 0.4) is 0 Å². The van der Waals surface area contributed by atoms with Crippen LogP contribution in [-0.4, -0.2) is 15.2 Å². The molecule has 0 aliphatic rings. The number of H-pyrrole nitrogens is 1. The molecule has 0 spiro atoms. The fourth-order valence-corrected chi connectivity index (χ4v) is 2.27. The van der Waals surface area contributed by atoms with Crippen LogP contribution in [-0.2, 0) is 0 Å². The maximum Gasteiger partial charge on any atom is 0.181 e. The number of hydrogen-bond acceptors (Lipinski definition) is 3. The van der Waals surface area contributed by atoms with E-state index in [1.807, 2.05) is 36.4 Å². The summed E-state index contributed by atoms with van der Waals surface area (Å²) in [6, 6.07) is 12.7. The highest BCUT2D eigenvalue weighted by Gasteiger charge is 2.12. The van der Waals surface area contributed by atoms with Crippen LogP contribution in [0.4, 0.5) is 5.69 Å². The van der Waals surface area contributed by atoms with E-state index in [0.29, 0.717) is 32.9 Å². The molecule has 0 amide bonds. The lowest BCUT2D eigenvalue weighted by Crippen LogP contribution is -1.86. The van der Waals surface area contributed by atoms with Gasteiger partial charge in [0.05, 0.1) is 10.0 Å². The number of nitrogens with zero attached hydrogens (tertiary/aromatic N) is 2. The molecule has 0 saturated heterocycles. The van der Waals surface area contributed by atoms with Gasteiger partial charge in [-0.15, -0.1) is 0 Å². The van der Waals surface area contributed by atoms with Crippen LogP contribution in [0.25, 0.3) is 22.8 Å². The quantitative estimate of drug-likeness (QED) is 0.702. The molecule has 4 nitrogen and oxygen atoms in total. The molecule has 1 heterocycles. The van der Waals surface area contributed by atoms with Gasteiger partial charge >= 0.3 is 0 Å². The summed E-state index contributed by atoms with van der Waals surface area (Å²) < 4.78 is 0. The highest BCUT2D eigenvalue weighted by molar-refractivity contribution is 6.43. The number of benzene rings is 2. The van der Waals surface area contributed by atoms with E-state index in [2.05, 4.69) is 15.2 Å². The van der Waals surface area contributed by atoms with Gasteiger partial charge in [0.1, 0.15) is 0 Å². The van der Waals surface area contributed by atoms with Gasteiger partial charge in [-0.2, -0.15) is 5.10 Å². The van der Waals surface area contributed by atoms with E-state index in [1.54, 1.807) is 6.07 Å². The van der Waals surface area contributed by atoms with Gasteiger partial charge in [-0.3, -0.25) is 5.10 Å². The lowest BCUT2D eigenvalue weighted by molar-refractivity contribution is 1.10. The first-order valence-corrected chi connectivity index (χ1v) is 6.63. The van der Waals surface area contributed by atoms with Crippen molar-refractivity contribution in [2.45, 2.75) is 0 Å². The molecule has 0 bridgehead atoms. The van der Waals surface area contributed by atoms with E-state index in [0.717, 1.165) is 5.56 Å². The van der Waals surface area contributed by atoms with E-state index in [9.17, 15) is 0 Å².